The highest BCUT2D eigenvalue weighted by Gasteiger charge is 2.22. The van der Waals surface area contributed by atoms with E-state index in [2.05, 4.69) is 9.88 Å². The third kappa shape index (κ3) is 3.45. The van der Waals surface area contributed by atoms with Gasteiger partial charge in [-0.2, -0.15) is 0 Å². The molecule has 1 saturated heterocycles. The van der Waals surface area contributed by atoms with E-state index < -0.39 is 0 Å². The Morgan fingerprint density at radius 2 is 2.22 bits per heavy atom. The summed E-state index contributed by atoms with van der Waals surface area (Å²) in [4.78, 5) is 18.0. The van der Waals surface area contributed by atoms with Crippen LogP contribution in [0, 0.1) is 5.92 Å². The summed E-state index contributed by atoms with van der Waals surface area (Å²) < 4.78 is 4.99. The smallest absolute Gasteiger partial charge is 0.306 e. The highest BCUT2D eigenvalue weighted by molar-refractivity contribution is 5.69. The maximum Gasteiger partial charge on any atom is 0.306 e. The monoisotopic (exact) mass is 248 g/mol. The molecule has 1 aromatic rings. The van der Waals surface area contributed by atoms with Crippen LogP contribution in [0.5, 0.6) is 0 Å². The van der Waals surface area contributed by atoms with E-state index in [0.29, 0.717) is 18.9 Å². The third-order valence-corrected chi connectivity index (χ3v) is 3.35. The van der Waals surface area contributed by atoms with E-state index in [-0.39, 0.29) is 5.97 Å². The van der Waals surface area contributed by atoms with E-state index in [4.69, 9.17) is 4.74 Å². The zero-order valence-corrected chi connectivity index (χ0v) is 10.8. The molecule has 1 fully saturated rings. The van der Waals surface area contributed by atoms with Crippen molar-refractivity contribution in [3.8, 4) is 0 Å². The largest absolute Gasteiger partial charge is 0.466 e. The summed E-state index contributed by atoms with van der Waals surface area (Å²) in [6, 6.07) is 5.97. The molecule has 2 rings (SSSR count). The number of ether oxygens (including phenoxy) is 1. The van der Waals surface area contributed by atoms with E-state index in [1.807, 2.05) is 31.3 Å². The van der Waals surface area contributed by atoms with Crippen molar-refractivity contribution in [2.45, 2.75) is 26.2 Å². The first-order chi connectivity index (χ1) is 8.79. The van der Waals surface area contributed by atoms with Gasteiger partial charge in [-0.1, -0.05) is 6.07 Å². The van der Waals surface area contributed by atoms with Crippen LogP contribution in [0.4, 0.5) is 5.82 Å². The molecule has 2 heterocycles. The molecular weight excluding hydrogens is 228 g/mol. The van der Waals surface area contributed by atoms with Gasteiger partial charge in [-0.05, 0) is 37.8 Å². The second kappa shape index (κ2) is 6.38. The number of esters is 1. The number of anilines is 1. The molecule has 0 radical (unpaired) electrons. The predicted octanol–water partition coefficient (Wildman–Crippen LogP) is 2.25. The molecule has 0 aromatic carbocycles. The van der Waals surface area contributed by atoms with Crippen molar-refractivity contribution in [1.82, 2.24) is 4.98 Å². The molecule has 0 unspecified atom stereocenters. The minimum Gasteiger partial charge on any atom is -0.466 e. The average molecular weight is 248 g/mol. The molecule has 1 aliphatic rings. The number of pyridine rings is 1. The summed E-state index contributed by atoms with van der Waals surface area (Å²) >= 11 is 0. The lowest BCUT2D eigenvalue weighted by Crippen LogP contribution is -2.35. The number of hydrogen-bond donors (Lipinski definition) is 0. The summed E-state index contributed by atoms with van der Waals surface area (Å²) in [5, 5.41) is 0. The van der Waals surface area contributed by atoms with E-state index in [1.54, 1.807) is 0 Å². The fraction of sp³-hybridized carbons (Fsp3) is 0.571. The van der Waals surface area contributed by atoms with Crippen LogP contribution in [-0.2, 0) is 9.53 Å². The number of carbonyl (C=O) groups is 1. The Morgan fingerprint density at radius 1 is 1.44 bits per heavy atom. The third-order valence-electron chi connectivity index (χ3n) is 3.35. The van der Waals surface area contributed by atoms with Gasteiger partial charge in [0, 0.05) is 25.7 Å². The van der Waals surface area contributed by atoms with Gasteiger partial charge in [0.05, 0.1) is 6.61 Å². The van der Waals surface area contributed by atoms with Crippen LogP contribution in [0.2, 0.25) is 0 Å². The summed E-state index contributed by atoms with van der Waals surface area (Å²) in [6.07, 6.45) is 4.45. The first kappa shape index (κ1) is 12.9. The van der Waals surface area contributed by atoms with E-state index >= 15 is 0 Å². The van der Waals surface area contributed by atoms with Crippen molar-refractivity contribution in [3.63, 3.8) is 0 Å². The van der Waals surface area contributed by atoms with Gasteiger partial charge < -0.3 is 9.64 Å². The molecule has 0 aliphatic carbocycles. The number of carbonyl (C=O) groups excluding carboxylic acids is 1. The Labute approximate surface area is 108 Å². The van der Waals surface area contributed by atoms with Crippen LogP contribution in [-0.4, -0.2) is 30.6 Å². The lowest BCUT2D eigenvalue weighted by molar-refractivity contribution is -0.144. The molecule has 0 saturated carbocycles. The highest BCUT2D eigenvalue weighted by Crippen LogP contribution is 2.23. The Kier molecular flexibility index (Phi) is 4.56. The lowest BCUT2D eigenvalue weighted by atomic mass is 9.93. The summed E-state index contributed by atoms with van der Waals surface area (Å²) in [7, 11) is 0. The maximum absolute atomic E-state index is 11.4. The molecule has 0 bridgehead atoms. The molecule has 0 atom stereocenters. The normalized spacial score (nSPS) is 16.6. The van der Waals surface area contributed by atoms with Crippen molar-refractivity contribution in [2.24, 2.45) is 5.92 Å². The SMILES string of the molecule is CCOC(=O)CC1CCN(c2ccccn2)CC1. The Balaban J connectivity index is 1.80. The zero-order valence-electron chi connectivity index (χ0n) is 10.8. The van der Waals surface area contributed by atoms with Crippen LogP contribution >= 0.6 is 0 Å². The van der Waals surface area contributed by atoms with Gasteiger partial charge in [-0.15, -0.1) is 0 Å². The molecule has 18 heavy (non-hydrogen) atoms. The highest BCUT2D eigenvalue weighted by atomic mass is 16.5. The van der Waals surface area contributed by atoms with Crippen molar-refractivity contribution in [1.29, 1.82) is 0 Å². The topological polar surface area (TPSA) is 42.4 Å². The van der Waals surface area contributed by atoms with Gasteiger partial charge in [-0.3, -0.25) is 4.79 Å². The number of piperidine rings is 1. The van der Waals surface area contributed by atoms with Crippen LogP contribution in [0.3, 0.4) is 0 Å². The quantitative estimate of drug-likeness (QED) is 0.766. The van der Waals surface area contributed by atoms with Crippen molar-refractivity contribution >= 4 is 11.8 Å². The minimum atomic E-state index is -0.0613. The fourth-order valence-corrected chi connectivity index (χ4v) is 2.36. The fourth-order valence-electron chi connectivity index (χ4n) is 2.36. The predicted molar refractivity (Wildman–Crippen MR) is 70.4 cm³/mol. The number of nitrogens with zero attached hydrogens (tertiary/aromatic N) is 2. The Morgan fingerprint density at radius 3 is 2.83 bits per heavy atom. The molecule has 0 spiro atoms. The number of hydrogen-bond acceptors (Lipinski definition) is 4. The Bertz CT molecular complexity index is 373. The second-order valence-electron chi connectivity index (χ2n) is 4.63. The van der Waals surface area contributed by atoms with Crippen molar-refractivity contribution in [3.05, 3.63) is 24.4 Å². The molecule has 1 aliphatic heterocycles. The average Bonchev–Trinajstić information content (AvgIpc) is 2.41. The first-order valence-electron chi connectivity index (χ1n) is 6.61. The first-order valence-corrected chi connectivity index (χ1v) is 6.61. The number of aromatic nitrogens is 1. The zero-order chi connectivity index (χ0) is 12.8. The summed E-state index contributed by atoms with van der Waals surface area (Å²) in [5.41, 5.74) is 0. The maximum atomic E-state index is 11.4. The van der Waals surface area contributed by atoms with Gasteiger partial charge in [0.1, 0.15) is 5.82 Å². The Hall–Kier alpha value is -1.58. The molecule has 0 N–H and O–H groups in total. The lowest BCUT2D eigenvalue weighted by Gasteiger charge is -2.32. The van der Waals surface area contributed by atoms with Gasteiger partial charge >= 0.3 is 5.97 Å². The van der Waals surface area contributed by atoms with Crippen LogP contribution in [0.15, 0.2) is 24.4 Å². The van der Waals surface area contributed by atoms with Crippen LogP contribution < -0.4 is 4.90 Å². The number of rotatable bonds is 4. The summed E-state index contributed by atoms with van der Waals surface area (Å²) in [6.45, 7) is 4.27. The standard InChI is InChI=1S/C14H20N2O2/c1-2-18-14(17)11-12-6-9-16(10-7-12)13-5-3-4-8-15-13/h3-5,8,12H,2,6-7,9-11H2,1H3. The van der Waals surface area contributed by atoms with Gasteiger partial charge in [0.2, 0.25) is 0 Å². The molecule has 4 nitrogen and oxygen atoms in total. The van der Waals surface area contributed by atoms with Crippen molar-refractivity contribution in [2.75, 3.05) is 24.6 Å². The van der Waals surface area contributed by atoms with Crippen molar-refractivity contribution < 1.29 is 9.53 Å². The molecule has 4 heteroatoms. The van der Waals surface area contributed by atoms with E-state index in [9.17, 15) is 4.79 Å². The van der Waals surface area contributed by atoms with Gasteiger partial charge in [0.25, 0.3) is 0 Å². The molecule has 0 amide bonds. The van der Waals surface area contributed by atoms with Gasteiger partial charge in [-0.25, -0.2) is 4.98 Å². The summed E-state index contributed by atoms with van der Waals surface area (Å²) in [5.74, 6) is 1.44. The van der Waals surface area contributed by atoms with Crippen LogP contribution in [0.1, 0.15) is 26.2 Å². The molecule has 1 aromatic heterocycles. The minimum absolute atomic E-state index is 0.0613. The van der Waals surface area contributed by atoms with E-state index in [1.165, 1.54) is 0 Å². The van der Waals surface area contributed by atoms with E-state index in [0.717, 1.165) is 31.7 Å². The van der Waals surface area contributed by atoms with Gasteiger partial charge in [0.15, 0.2) is 0 Å². The molecule has 98 valence electrons. The molecular formula is C14H20N2O2. The second-order valence-corrected chi connectivity index (χ2v) is 4.63. The van der Waals surface area contributed by atoms with Crippen LogP contribution in [0.25, 0.3) is 0 Å².